The van der Waals surface area contributed by atoms with Crippen molar-refractivity contribution in [2.75, 3.05) is 12.3 Å². The predicted molar refractivity (Wildman–Crippen MR) is 94.9 cm³/mol. The smallest absolute Gasteiger partial charge is 0.0414 e. The van der Waals surface area contributed by atoms with Crippen molar-refractivity contribution < 1.29 is 0 Å². The van der Waals surface area contributed by atoms with Gasteiger partial charge in [0.1, 0.15) is 0 Å². The first kappa shape index (κ1) is 16.1. The molecule has 0 radical (unpaired) electrons. The van der Waals surface area contributed by atoms with Gasteiger partial charge in [0.2, 0.25) is 0 Å². The molecule has 2 aromatic carbocycles. The molecule has 0 aromatic heterocycles. The highest BCUT2D eigenvalue weighted by atomic mass is 32.2. The fourth-order valence-corrected chi connectivity index (χ4v) is 3.65. The number of nitrogens with one attached hydrogen (secondary N) is 1. The van der Waals surface area contributed by atoms with E-state index in [1.165, 1.54) is 22.3 Å². The second-order valence-corrected chi connectivity index (χ2v) is 6.50. The fraction of sp³-hybridized carbons (Fsp3) is 0.368. The van der Waals surface area contributed by atoms with Crippen LogP contribution in [0.5, 0.6) is 0 Å². The number of aryl methyl sites for hydroxylation is 2. The van der Waals surface area contributed by atoms with Crippen LogP contribution < -0.4 is 5.32 Å². The van der Waals surface area contributed by atoms with Crippen LogP contribution in [0.2, 0.25) is 0 Å². The zero-order chi connectivity index (χ0) is 15.1. The summed E-state index contributed by atoms with van der Waals surface area (Å²) in [7, 11) is 0. The lowest BCUT2D eigenvalue weighted by atomic mass is 10.0. The fourth-order valence-electron chi connectivity index (χ4n) is 2.58. The summed E-state index contributed by atoms with van der Waals surface area (Å²) in [4.78, 5) is 0. The zero-order valence-electron chi connectivity index (χ0n) is 13.2. The van der Waals surface area contributed by atoms with Gasteiger partial charge in [-0.1, -0.05) is 61.0 Å². The largest absolute Gasteiger partial charge is 0.310 e. The summed E-state index contributed by atoms with van der Waals surface area (Å²) in [5.41, 5.74) is 5.56. The Morgan fingerprint density at radius 1 is 1.05 bits per heavy atom. The molecule has 0 saturated carbocycles. The van der Waals surface area contributed by atoms with Gasteiger partial charge in [-0.2, -0.15) is 11.8 Å². The third-order valence-corrected chi connectivity index (χ3v) is 4.76. The molecular formula is C19H25NS. The molecule has 0 aliphatic carbocycles. The van der Waals surface area contributed by atoms with Gasteiger partial charge in [-0.15, -0.1) is 0 Å². The standard InChI is InChI=1S/C19H25NS/c1-4-20-19(18-11-6-5-9-16(18)3)14-21-13-17-10-7-8-15(2)12-17/h5-12,19-20H,4,13-14H2,1-3H3. The molecule has 1 unspecified atom stereocenters. The lowest BCUT2D eigenvalue weighted by Crippen LogP contribution is -2.23. The van der Waals surface area contributed by atoms with Crippen LogP contribution in [0.1, 0.15) is 35.2 Å². The second-order valence-electron chi connectivity index (χ2n) is 5.47. The van der Waals surface area contributed by atoms with Gasteiger partial charge < -0.3 is 5.32 Å². The van der Waals surface area contributed by atoms with Gasteiger partial charge in [-0.05, 0) is 37.1 Å². The van der Waals surface area contributed by atoms with Crippen LogP contribution in [0.3, 0.4) is 0 Å². The monoisotopic (exact) mass is 299 g/mol. The molecule has 21 heavy (non-hydrogen) atoms. The van der Waals surface area contributed by atoms with Crippen molar-refractivity contribution >= 4 is 11.8 Å². The normalized spacial score (nSPS) is 12.3. The average molecular weight is 299 g/mol. The molecule has 1 N–H and O–H groups in total. The molecule has 1 atom stereocenters. The van der Waals surface area contributed by atoms with Gasteiger partial charge in [0.05, 0.1) is 0 Å². The number of rotatable bonds is 7. The molecule has 0 heterocycles. The quantitative estimate of drug-likeness (QED) is 0.781. The van der Waals surface area contributed by atoms with Crippen molar-refractivity contribution in [1.29, 1.82) is 0 Å². The predicted octanol–water partition coefficient (Wildman–Crippen LogP) is 4.89. The summed E-state index contributed by atoms with van der Waals surface area (Å²) in [6, 6.07) is 17.9. The molecule has 0 spiro atoms. The molecule has 112 valence electrons. The van der Waals surface area contributed by atoms with E-state index in [2.05, 4.69) is 74.6 Å². The Morgan fingerprint density at radius 2 is 1.86 bits per heavy atom. The Bertz CT molecular complexity index is 565. The second kappa shape index (κ2) is 8.26. The highest BCUT2D eigenvalue weighted by Gasteiger charge is 2.12. The summed E-state index contributed by atoms with van der Waals surface area (Å²) in [6.07, 6.45) is 0. The third-order valence-electron chi connectivity index (χ3n) is 3.65. The first-order valence-corrected chi connectivity index (χ1v) is 8.78. The topological polar surface area (TPSA) is 12.0 Å². The van der Waals surface area contributed by atoms with E-state index in [-0.39, 0.29) is 0 Å². The van der Waals surface area contributed by atoms with E-state index in [1.807, 2.05) is 11.8 Å². The third kappa shape index (κ3) is 4.90. The molecule has 0 aliphatic heterocycles. The van der Waals surface area contributed by atoms with Gasteiger partial charge in [-0.3, -0.25) is 0 Å². The van der Waals surface area contributed by atoms with Gasteiger partial charge >= 0.3 is 0 Å². The van der Waals surface area contributed by atoms with E-state index >= 15 is 0 Å². The minimum atomic E-state index is 0.436. The maximum absolute atomic E-state index is 3.62. The van der Waals surface area contributed by atoms with Crippen molar-refractivity contribution in [3.05, 3.63) is 70.8 Å². The van der Waals surface area contributed by atoms with Crippen LogP contribution in [0.15, 0.2) is 48.5 Å². The molecule has 0 amide bonds. The number of hydrogen-bond donors (Lipinski definition) is 1. The first-order chi connectivity index (χ1) is 10.2. The lowest BCUT2D eigenvalue weighted by Gasteiger charge is -2.20. The number of hydrogen-bond acceptors (Lipinski definition) is 2. The van der Waals surface area contributed by atoms with Crippen molar-refractivity contribution in [1.82, 2.24) is 5.32 Å². The molecule has 0 aliphatic rings. The first-order valence-electron chi connectivity index (χ1n) is 7.63. The van der Waals surface area contributed by atoms with Gasteiger partial charge in [0, 0.05) is 17.5 Å². The molecule has 0 saturated heterocycles. The minimum absolute atomic E-state index is 0.436. The molecule has 2 heteroatoms. The zero-order valence-corrected chi connectivity index (χ0v) is 14.0. The van der Waals surface area contributed by atoms with E-state index in [4.69, 9.17) is 0 Å². The van der Waals surface area contributed by atoms with Crippen molar-refractivity contribution in [2.24, 2.45) is 0 Å². The molecule has 2 aromatic rings. The van der Waals surface area contributed by atoms with E-state index in [0.717, 1.165) is 18.1 Å². The van der Waals surface area contributed by atoms with E-state index in [0.29, 0.717) is 6.04 Å². The number of benzene rings is 2. The van der Waals surface area contributed by atoms with Gasteiger partial charge in [0.25, 0.3) is 0 Å². The van der Waals surface area contributed by atoms with Crippen LogP contribution in [0, 0.1) is 13.8 Å². The summed E-state index contributed by atoms with van der Waals surface area (Å²) < 4.78 is 0. The summed E-state index contributed by atoms with van der Waals surface area (Å²) in [5, 5.41) is 3.62. The maximum atomic E-state index is 3.62. The van der Waals surface area contributed by atoms with E-state index in [1.54, 1.807) is 0 Å². The summed E-state index contributed by atoms with van der Waals surface area (Å²) in [5.74, 6) is 2.18. The number of thioether (sulfide) groups is 1. The van der Waals surface area contributed by atoms with Crippen molar-refractivity contribution in [2.45, 2.75) is 32.6 Å². The molecule has 0 bridgehead atoms. The summed E-state index contributed by atoms with van der Waals surface area (Å²) >= 11 is 2.00. The molecule has 0 fully saturated rings. The van der Waals surface area contributed by atoms with E-state index in [9.17, 15) is 0 Å². The highest BCUT2D eigenvalue weighted by molar-refractivity contribution is 7.98. The van der Waals surface area contributed by atoms with Crippen LogP contribution in [-0.4, -0.2) is 12.3 Å². The highest BCUT2D eigenvalue weighted by Crippen LogP contribution is 2.24. The molecule has 2 rings (SSSR count). The van der Waals surface area contributed by atoms with Crippen LogP contribution in [0.25, 0.3) is 0 Å². The Morgan fingerprint density at radius 3 is 2.57 bits per heavy atom. The Labute approximate surface area is 133 Å². The Kier molecular flexibility index (Phi) is 6.34. The minimum Gasteiger partial charge on any atom is -0.310 e. The average Bonchev–Trinajstić information content (AvgIpc) is 2.47. The van der Waals surface area contributed by atoms with Crippen molar-refractivity contribution in [3.8, 4) is 0 Å². The summed E-state index contributed by atoms with van der Waals surface area (Å²) in [6.45, 7) is 7.54. The van der Waals surface area contributed by atoms with Crippen molar-refractivity contribution in [3.63, 3.8) is 0 Å². The lowest BCUT2D eigenvalue weighted by molar-refractivity contribution is 0.603. The van der Waals surface area contributed by atoms with Crippen LogP contribution in [-0.2, 0) is 5.75 Å². The van der Waals surface area contributed by atoms with E-state index < -0.39 is 0 Å². The molecular weight excluding hydrogens is 274 g/mol. The SMILES string of the molecule is CCNC(CSCc1cccc(C)c1)c1ccccc1C. The van der Waals surface area contributed by atoms with Gasteiger partial charge in [-0.25, -0.2) is 0 Å². The Balaban J connectivity index is 1.96. The molecule has 1 nitrogen and oxygen atoms in total. The van der Waals surface area contributed by atoms with Crippen LogP contribution in [0.4, 0.5) is 0 Å². The Hall–Kier alpha value is -1.25. The van der Waals surface area contributed by atoms with Crippen LogP contribution >= 0.6 is 11.8 Å². The maximum Gasteiger partial charge on any atom is 0.0414 e. The van der Waals surface area contributed by atoms with Gasteiger partial charge in [0.15, 0.2) is 0 Å².